The van der Waals surface area contributed by atoms with E-state index >= 15 is 0 Å². The standard InChI is InChI=1S/C15H31NO/c1-3-4-5-6-11-16-12-13-17-15-9-7-14(2)8-10-15/h14-16H,3-13H2,1-2H3. The summed E-state index contributed by atoms with van der Waals surface area (Å²) in [6, 6.07) is 0. The Kier molecular flexibility index (Phi) is 8.72. The Hall–Kier alpha value is -0.0800. The lowest BCUT2D eigenvalue weighted by molar-refractivity contribution is 0.0217. The van der Waals surface area contributed by atoms with Crippen LogP contribution in [-0.4, -0.2) is 25.8 Å². The van der Waals surface area contributed by atoms with Gasteiger partial charge in [-0.3, -0.25) is 0 Å². The van der Waals surface area contributed by atoms with E-state index in [9.17, 15) is 0 Å². The Morgan fingerprint density at radius 2 is 1.76 bits per heavy atom. The highest BCUT2D eigenvalue weighted by atomic mass is 16.5. The maximum atomic E-state index is 5.90. The molecule has 17 heavy (non-hydrogen) atoms. The molecule has 0 aromatic rings. The van der Waals surface area contributed by atoms with Gasteiger partial charge < -0.3 is 10.1 Å². The molecule has 0 unspecified atom stereocenters. The van der Waals surface area contributed by atoms with Gasteiger partial charge in [-0.25, -0.2) is 0 Å². The van der Waals surface area contributed by atoms with E-state index in [0.717, 1.165) is 25.6 Å². The largest absolute Gasteiger partial charge is 0.377 e. The molecule has 0 atom stereocenters. The van der Waals surface area contributed by atoms with Crippen molar-refractivity contribution in [2.45, 2.75) is 71.3 Å². The zero-order valence-corrected chi connectivity index (χ0v) is 11.8. The highest BCUT2D eigenvalue weighted by Crippen LogP contribution is 2.25. The normalized spacial score (nSPS) is 25.1. The van der Waals surface area contributed by atoms with E-state index < -0.39 is 0 Å². The van der Waals surface area contributed by atoms with Crippen molar-refractivity contribution >= 4 is 0 Å². The van der Waals surface area contributed by atoms with Crippen LogP contribution in [0.5, 0.6) is 0 Å². The van der Waals surface area contributed by atoms with E-state index in [4.69, 9.17) is 4.74 Å². The van der Waals surface area contributed by atoms with Crippen molar-refractivity contribution in [3.8, 4) is 0 Å². The number of hydrogen-bond acceptors (Lipinski definition) is 2. The van der Waals surface area contributed by atoms with Crippen LogP contribution >= 0.6 is 0 Å². The number of unbranched alkanes of at least 4 members (excludes halogenated alkanes) is 3. The highest BCUT2D eigenvalue weighted by molar-refractivity contribution is 4.69. The molecule has 0 heterocycles. The highest BCUT2D eigenvalue weighted by Gasteiger charge is 2.17. The summed E-state index contributed by atoms with van der Waals surface area (Å²) in [7, 11) is 0. The predicted molar refractivity (Wildman–Crippen MR) is 74.4 cm³/mol. The third-order valence-electron chi connectivity index (χ3n) is 3.80. The van der Waals surface area contributed by atoms with Crippen LogP contribution in [0, 0.1) is 5.92 Å². The molecule has 1 N–H and O–H groups in total. The molecule has 1 aliphatic carbocycles. The lowest BCUT2D eigenvalue weighted by Gasteiger charge is -2.26. The minimum atomic E-state index is 0.549. The van der Waals surface area contributed by atoms with E-state index in [1.165, 1.54) is 51.4 Å². The number of nitrogens with one attached hydrogen (secondary N) is 1. The van der Waals surface area contributed by atoms with Gasteiger partial charge in [0.15, 0.2) is 0 Å². The van der Waals surface area contributed by atoms with Crippen molar-refractivity contribution in [1.82, 2.24) is 5.32 Å². The second kappa shape index (κ2) is 9.90. The lowest BCUT2D eigenvalue weighted by atomic mass is 9.89. The molecule has 0 amide bonds. The summed E-state index contributed by atoms with van der Waals surface area (Å²) in [4.78, 5) is 0. The average molecular weight is 241 g/mol. The average Bonchev–Trinajstić information content (AvgIpc) is 2.35. The van der Waals surface area contributed by atoms with Gasteiger partial charge in [-0.05, 0) is 44.6 Å². The van der Waals surface area contributed by atoms with Gasteiger partial charge in [0.05, 0.1) is 12.7 Å². The van der Waals surface area contributed by atoms with Gasteiger partial charge in [-0.15, -0.1) is 0 Å². The fourth-order valence-electron chi connectivity index (χ4n) is 2.50. The second-order valence-electron chi connectivity index (χ2n) is 5.56. The number of ether oxygens (including phenoxy) is 1. The fraction of sp³-hybridized carbons (Fsp3) is 1.00. The van der Waals surface area contributed by atoms with Crippen LogP contribution in [0.1, 0.15) is 65.2 Å². The van der Waals surface area contributed by atoms with Gasteiger partial charge in [0.1, 0.15) is 0 Å². The van der Waals surface area contributed by atoms with E-state index in [2.05, 4.69) is 19.2 Å². The molecule has 2 nitrogen and oxygen atoms in total. The van der Waals surface area contributed by atoms with Crippen LogP contribution in [0.4, 0.5) is 0 Å². The van der Waals surface area contributed by atoms with Gasteiger partial charge in [-0.1, -0.05) is 33.1 Å². The molecule has 1 fully saturated rings. The minimum absolute atomic E-state index is 0.549. The molecule has 0 aromatic heterocycles. The summed E-state index contributed by atoms with van der Waals surface area (Å²) in [5, 5.41) is 3.47. The summed E-state index contributed by atoms with van der Waals surface area (Å²) in [6.45, 7) is 7.69. The molecule has 0 spiro atoms. The van der Waals surface area contributed by atoms with Gasteiger partial charge in [0.25, 0.3) is 0 Å². The summed E-state index contributed by atoms with van der Waals surface area (Å²) in [5.74, 6) is 0.923. The molecule has 0 radical (unpaired) electrons. The minimum Gasteiger partial charge on any atom is -0.377 e. The van der Waals surface area contributed by atoms with Crippen molar-refractivity contribution in [2.24, 2.45) is 5.92 Å². The first-order chi connectivity index (χ1) is 8.33. The molecule has 0 saturated heterocycles. The molecule has 0 bridgehead atoms. The van der Waals surface area contributed by atoms with Gasteiger partial charge in [-0.2, -0.15) is 0 Å². The van der Waals surface area contributed by atoms with E-state index in [1.807, 2.05) is 0 Å². The van der Waals surface area contributed by atoms with Gasteiger partial charge in [0, 0.05) is 6.54 Å². The van der Waals surface area contributed by atoms with E-state index in [-0.39, 0.29) is 0 Å². The van der Waals surface area contributed by atoms with Crippen molar-refractivity contribution in [1.29, 1.82) is 0 Å². The maximum Gasteiger partial charge on any atom is 0.0594 e. The predicted octanol–water partition coefficient (Wildman–Crippen LogP) is 3.75. The molecule has 1 rings (SSSR count). The molecule has 102 valence electrons. The first kappa shape index (κ1) is 15.0. The zero-order chi connectivity index (χ0) is 12.3. The maximum absolute atomic E-state index is 5.90. The van der Waals surface area contributed by atoms with Crippen molar-refractivity contribution in [3.63, 3.8) is 0 Å². The molecular formula is C15H31NO. The fourth-order valence-corrected chi connectivity index (χ4v) is 2.50. The monoisotopic (exact) mass is 241 g/mol. The molecular weight excluding hydrogens is 210 g/mol. The smallest absolute Gasteiger partial charge is 0.0594 e. The first-order valence-electron chi connectivity index (χ1n) is 7.65. The van der Waals surface area contributed by atoms with Crippen LogP contribution in [-0.2, 0) is 4.74 Å². The Morgan fingerprint density at radius 1 is 1.00 bits per heavy atom. The summed E-state index contributed by atoms with van der Waals surface area (Å²) >= 11 is 0. The van der Waals surface area contributed by atoms with Crippen LogP contribution in [0.25, 0.3) is 0 Å². The molecule has 1 aliphatic rings. The van der Waals surface area contributed by atoms with Crippen LogP contribution < -0.4 is 5.32 Å². The van der Waals surface area contributed by atoms with Crippen molar-refractivity contribution < 1.29 is 4.74 Å². The van der Waals surface area contributed by atoms with Crippen molar-refractivity contribution in [3.05, 3.63) is 0 Å². The third kappa shape index (κ3) is 7.77. The van der Waals surface area contributed by atoms with E-state index in [0.29, 0.717) is 6.10 Å². The molecule has 0 aromatic carbocycles. The van der Waals surface area contributed by atoms with Gasteiger partial charge in [0.2, 0.25) is 0 Å². The molecule has 2 heteroatoms. The Bertz CT molecular complexity index is 164. The third-order valence-corrected chi connectivity index (χ3v) is 3.80. The summed E-state index contributed by atoms with van der Waals surface area (Å²) < 4.78 is 5.90. The summed E-state index contributed by atoms with van der Waals surface area (Å²) in [6.07, 6.45) is 11.2. The first-order valence-corrected chi connectivity index (χ1v) is 7.65. The van der Waals surface area contributed by atoms with E-state index in [1.54, 1.807) is 0 Å². The Morgan fingerprint density at radius 3 is 2.47 bits per heavy atom. The van der Waals surface area contributed by atoms with Gasteiger partial charge >= 0.3 is 0 Å². The van der Waals surface area contributed by atoms with Crippen LogP contribution in [0.15, 0.2) is 0 Å². The summed E-state index contributed by atoms with van der Waals surface area (Å²) in [5.41, 5.74) is 0. The number of hydrogen-bond donors (Lipinski definition) is 1. The molecule has 0 aliphatic heterocycles. The SMILES string of the molecule is CCCCCCNCCOC1CCC(C)CC1. The van der Waals surface area contributed by atoms with Crippen LogP contribution in [0.3, 0.4) is 0 Å². The van der Waals surface area contributed by atoms with Crippen molar-refractivity contribution in [2.75, 3.05) is 19.7 Å². The second-order valence-corrected chi connectivity index (χ2v) is 5.56. The zero-order valence-electron chi connectivity index (χ0n) is 11.8. The Labute approximate surface area is 108 Å². The number of rotatable bonds is 9. The topological polar surface area (TPSA) is 21.3 Å². The quantitative estimate of drug-likeness (QED) is 0.621. The Balaban J connectivity index is 1.81. The van der Waals surface area contributed by atoms with Crippen LogP contribution in [0.2, 0.25) is 0 Å². The lowest BCUT2D eigenvalue weighted by Crippen LogP contribution is -2.26. The molecule has 1 saturated carbocycles.